The number of halogens is 1. The maximum atomic E-state index is 6.11. The Kier molecular flexibility index (Phi) is 4.54. The second-order valence-electron chi connectivity index (χ2n) is 6.11. The topological polar surface area (TPSA) is 29.3 Å². The Morgan fingerprint density at radius 2 is 2.05 bits per heavy atom. The van der Waals surface area contributed by atoms with Gasteiger partial charge in [-0.05, 0) is 56.8 Å². The van der Waals surface area contributed by atoms with Crippen molar-refractivity contribution in [3.8, 4) is 0 Å². The molecule has 1 aliphatic carbocycles. The lowest BCUT2D eigenvalue weighted by atomic mass is 9.91. The Morgan fingerprint density at radius 1 is 1.42 bits per heavy atom. The van der Waals surface area contributed by atoms with Crippen LogP contribution in [-0.4, -0.2) is 24.0 Å². The number of benzene rings is 1. The molecule has 0 heterocycles. The maximum Gasteiger partial charge on any atom is 0.0406 e. The summed E-state index contributed by atoms with van der Waals surface area (Å²) < 4.78 is 0. The number of hydrogen-bond acceptors (Lipinski definition) is 2. The molecular formula is C16H25ClN2. The number of nitrogens with two attached hydrogens (primary N) is 1. The fraction of sp³-hybridized carbons (Fsp3) is 0.625. The summed E-state index contributed by atoms with van der Waals surface area (Å²) in [5.74, 6) is 0.781. The van der Waals surface area contributed by atoms with E-state index in [1.807, 2.05) is 12.1 Å². The van der Waals surface area contributed by atoms with Crippen molar-refractivity contribution < 1.29 is 0 Å². The van der Waals surface area contributed by atoms with Crippen molar-refractivity contribution >= 4 is 11.6 Å². The first kappa shape index (κ1) is 14.8. The average Bonchev–Trinajstić information content (AvgIpc) is 2.81. The molecular weight excluding hydrogens is 256 g/mol. The Hall–Kier alpha value is -0.570. The predicted molar refractivity (Wildman–Crippen MR) is 82.4 cm³/mol. The van der Waals surface area contributed by atoms with Crippen molar-refractivity contribution in [1.82, 2.24) is 4.90 Å². The van der Waals surface area contributed by atoms with Crippen LogP contribution in [0.1, 0.15) is 44.7 Å². The van der Waals surface area contributed by atoms with Crippen molar-refractivity contribution in [1.29, 1.82) is 0 Å². The largest absolute Gasteiger partial charge is 0.329 e. The maximum absolute atomic E-state index is 6.11. The lowest BCUT2D eigenvalue weighted by Gasteiger charge is -2.42. The van der Waals surface area contributed by atoms with Gasteiger partial charge in [-0.15, -0.1) is 0 Å². The van der Waals surface area contributed by atoms with Crippen LogP contribution in [-0.2, 0) is 0 Å². The molecule has 1 aromatic rings. The SMILES string of the molecule is CC1CCC(CN)(N(C)C(C)c2ccc(Cl)cc2)C1. The molecule has 1 aromatic carbocycles. The molecule has 1 fully saturated rings. The number of rotatable bonds is 4. The summed E-state index contributed by atoms with van der Waals surface area (Å²) in [5, 5.41) is 0.793. The lowest BCUT2D eigenvalue weighted by molar-refractivity contribution is 0.0863. The van der Waals surface area contributed by atoms with Crippen LogP contribution in [0.4, 0.5) is 0 Å². The first-order valence-corrected chi connectivity index (χ1v) is 7.55. The Balaban J connectivity index is 2.18. The minimum atomic E-state index is 0.165. The molecule has 3 unspecified atom stereocenters. The van der Waals surface area contributed by atoms with Gasteiger partial charge in [0.15, 0.2) is 0 Å². The van der Waals surface area contributed by atoms with E-state index in [4.69, 9.17) is 17.3 Å². The van der Waals surface area contributed by atoms with Gasteiger partial charge in [0.2, 0.25) is 0 Å². The zero-order valence-corrected chi connectivity index (χ0v) is 13.0. The molecule has 2 nitrogen and oxygen atoms in total. The highest BCUT2D eigenvalue weighted by Gasteiger charge is 2.41. The average molecular weight is 281 g/mol. The van der Waals surface area contributed by atoms with Crippen LogP contribution in [0.25, 0.3) is 0 Å². The van der Waals surface area contributed by atoms with Gasteiger partial charge in [0.1, 0.15) is 0 Å². The van der Waals surface area contributed by atoms with Gasteiger partial charge in [-0.25, -0.2) is 0 Å². The molecule has 3 atom stereocenters. The molecule has 0 aromatic heterocycles. The Morgan fingerprint density at radius 3 is 2.53 bits per heavy atom. The van der Waals surface area contributed by atoms with E-state index in [9.17, 15) is 0 Å². The molecule has 0 bridgehead atoms. The van der Waals surface area contributed by atoms with Gasteiger partial charge in [0.25, 0.3) is 0 Å². The van der Waals surface area contributed by atoms with Crippen LogP contribution < -0.4 is 5.73 Å². The van der Waals surface area contributed by atoms with E-state index in [1.54, 1.807) is 0 Å². The van der Waals surface area contributed by atoms with Crippen LogP contribution in [0.15, 0.2) is 24.3 Å². The summed E-state index contributed by atoms with van der Waals surface area (Å²) in [7, 11) is 2.21. The Labute approximate surface area is 121 Å². The van der Waals surface area contributed by atoms with Crippen LogP contribution in [0.3, 0.4) is 0 Å². The molecule has 0 spiro atoms. The van der Waals surface area contributed by atoms with Gasteiger partial charge in [-0.3, -0.25) is 4.90 Å². The van der Waals surface area contributed by atoms with Crippen molar-refractivity contribution in [3.05, 3.63) is 34.9 Å². The van der Waals surface area contributed by atoms with Crippen LogP contribution in [0, 0.1) is 5.92 Å². The molecule has 0 amide bonds. The third-order valence-corrected chi connectivity index (χ3v) is 5.14. The van der Waals surface area contributed by atoms with E-state index in [-0.39, 0.29) is 5.54 Å². The van der Waals surface area contributed by atoms with Crippen LogP contribution in [0.2, 0.25) is 5.02 Å². The fourth-order valence-electron chi connectivity index (χ4n) is 3.39. The molecule has 2 N–H and O–H groups in total. The molecule has 0 saturated heterocycles. The second-order valence-corrected chi connectivity index (χ2v) is 6.55. The molecule has 1 saturated carbocycles. The van der Waals surface area contributed by atoms with Crippen LogP contribution >= 0.6 is 11.6 Å². The standard InChI is InChI=1S/C16H25ClN2/c1-12-8-9-16(10-12,11-18)19(3)13(2)14-4-6-15(17)7-5-14/h4-7,12-13H,8-11,18H2,1-3H3. The van der Waals surface area contributed by atoms with Crippen molar-refractivity contribution in [2.75, 3.05) is 13.6 Å². The minimum Gasteiger partial charge on any atom is -0.329 e. The summed E-state index contributed by atoms with van der Waals surface area (Å²) in [6, 6.07) is 8.53. The van der Waals surface area contributed by atoms with Crippen molar-refractivity contribution in [3.63, 3.8) is 0 Å². The van der Waals surface area contributed by atoms with Crippen molar-refractivity contribution in [2.24, 2.45) is 11.7 Å². The predicted octanol–water partition coefficient (Wildman–Crippen LogP) is 3.85. The monoisotopic (exact) mass is 280 g/mol. The third kappa shape index (κ3) is 2.96. The van der Waals surface area contributed by atoms with E-state index >= 15 is 0 Å². The van der Waals surface area contributed by atoms with E-state index in [1.165, 1.54) is 24.8 Å². The summed E-state index contributed by atoms with van der Waals surface area (Å²) >= 11 is 5.96. The third-order valence-electron chi connectivity index (χ3n) is 4.89. The molecule has 2 rings (SSSR count). The van der Waals surface area contributed by atoms with Gasteiger partial charge >= 0.3 is 0 Å². The van der Waals surface area contributed by atoms with Gasteiger partial charge < -0.3 is 5.73 Å². The van der Waals surface area contributed by atoms with E-state index in [0.717, 1.165) is 17.5 Å². The molecule has 3 heteroatoms. The molecule has 19 heavy (non-hydrogen) atoms. The Bertz CT molecular complexity index is 417. The second kappa shape index (κ2) is 5.82. The smallest absolute Gasteiger partial charge is 0.0406 e. The summed E-state index contributed by atoms with van der Waals surface area (Å²) in [5.41, 5.74) is 7.58. The summed E-state index contributed by atoms with van der Waals surface area (Å²) in [6.07, 6.45) is 3.70. The van der Waals surface area contributed by atoms with E-state index in [2.05, 4.69) is 37.9 Å². The molecule has 106 valence electrons. The normalized spacial score (nSPS) is 28.8. The zero-order chi connectivity index (χ0) is 14.0. The quantitative estimate of drug-likeness (QED) is 0.908. The van der Waals surface area contributed by atoms with Gasteiger partial charge in [0, 0.05) is 23.1 Å². The fourth-order valence-corrected chi connectivity index (χ4v) is 3.52. The van der Waals surface area contributed by atoms with Crippen molar-refractivity contribution in [2.45, 2.75) is 44.7 Å². The lowest BCUT2D eigenvalue weighted by Crippen LogP contribution is -2.51. The van der Waals surface area contributed by atoms with Gasteiger partial charge in [-0.1, -0.05) is 30.7 Å². The number of nitrogens with zero attached hydrogens (tertiary/aromatic N) is 1. The number of likely N-dealkylation sites (N-methyl/N-ethyl adjacent to an activating group) is 1. The highest BCUT2D eigenvalue weighted by molar-refractivity contribution is 6.30. The first-order chi connectivity index (χ1) is 8.98. The number of hydrogen-bond donors (Lipinski definition) is 1. The summed E-state index contributed by atoms with van der Waals surface area (Å²) in [6.45, 7) is 5.33. The van der Waals surface area contributed by atoms with E-state index in [0.29, 0.717) is 6.04 Å². The van der Waals surface area contributed by atoms with Crippen LogP contribution in [0.5, 0.6) is 0 Å². The van der Waals surface area contributed by atoms with Gasteiger partial charge in [0.05, 0.1) is 0 Å². The van der Waals surface area contributed by atoms with Gasteiger partial charge in [-0.2, -0.15) is 0 Å². The molecule has 0 radical (unpaired) electrons. The van der Waals surface area contributed by atoms with E-state index < -0.39 is 0 Å². The highest BCUT2D eigenvalue weighted by Crippen LogP contribution is 2.41. The zero-order valence-electron chi connectivity index (χ0n) is 12.2. The molecule has 1 aliphatic rings. The minimum absolute atomic E-state index is 0.165. The summed E-state index contributed by atoms with van der Waals surface area (Å²) in [4.78, 5) is 2.47. The highest BCUT2D eigenvalue weighted by atomic mass is 35.5. The first-order valence-electron chi connectivity index (χ1n) is 7.17. The molecule has 0 aliphatic heterocycles.